The summed E-state index contributed by atoms with van der Waals surface area (Å²) in [6, 6.07) is 1.94. The summed E-state index contributed by atoms with van der Waals surface area (Å²) in [5.41, 5.74) is 1.71. The maximum Gasteiger partial charge on any atom is 0.274 e. The second kappa shape index (κ2) is 10.4. The average Bonchev–Trinajstić information content (AvgIpc) is 2.93. The van der Waals surface area contributed by atoms with Crippen LogP contribution in [0.2, 0.25) is 0 Å². The Morgan fingerprint density at radius 3 is 2.39 bits per heavy atom. The number of rotatable bonds is 1. The van der Waals surface area contributed by atoms with Crippen molar-refractivity contribution in [1.29, 1.82) is 0 Å². The molecule has 0 unspecified atom stereocenters. The second-order valence-corrected chi connectivity index (χ2v) is 5.24. The largest absolute Gasteiger partial charge is 0.378 e. The molecule has 0 aromatic carbocycles. The van der Waals surface area contributed by atoms with E-state index in [1.54, 1.807) is 0 Å². The lowest BCUT2D eigenvalue weighted by Gasteiger charge is -2.25. The molecule has 6 nitrogen and oxygen atoms in total. The second-order valence-electron chi connectivity index (χ2n) is 5.24. The van der Waals surface area contributed by atoms with Gasteiger partial charge >= 0.3 is 0 Å². The quantitative estimate of drug-likeness (QED) is 0.795. The van der Waals surface area contributed by atoms with E-state index in [4.69, 9.17) is 4.74 Å². The number of aryl methyl sites for hydroxylation is 1. The van der Waals surface area contributed by atoms with Crippen LogP contribution in [0.1, 0.15) is 50.3 Å². The lowest BCUT2D eigenvalue weighted by molar-refractivity contribution is 0.0298. The lowest BCUT2D eigenvalue weighted by Crippen LogP contribution is -2.40. The van der Waals surface area contributed by atoms with Gasteiger partial charge in [-0.15, -0.1) is 0 Å². The van der Waals surface area contributed by atoms with Crippen molar-refractivity contribution in [2.75, 3.05) is 39.9 Å². The van der Waals surface area contributed by atoms with Crippen molar-refractivity contribution in [3.05, 3.63) is 17.5 Å². The molecule has 1 amide bonds. The molecule has 0 atom stereocenters. The minimum atomic E-state index is 0.0338. The highest BCUT2D eigenvalue weighted by molar-refractivity contribution is 5.92. The van der Waals surface area contributed by atoms with Gasteiger partial charge < -0.3 is 14.5 Å². The maximum absolute atomic E-state index is 12.4. The van der Waals surface area contributed by atoms with Crippen molar-refractivity contribution < 1.29 is 9.53 Å². The summed E-state index contributed by atoms with van der Waals surface area (Å²) in [7, 11) is 2.10. The van der Waals surface area contributed by atoms with Crippen LogP contribution in [-0.2, 0) is 17.8 Å². The monoisotopic (exact) mass is 324 g/mol. The highest BCUT2D eigenvalue weighted by atomic mass is 16.5. The van der Waals surface area contributed by atoms with Crippen LogP contribution < -0.4 is 0 Å². The van der Waals surface area contributed by atoms with E-state index in [1.807, 2.05) is 43.3 Å². The van der Waals surface area contributed by atoms with Crippen LogP contribution in [0.15, 0.2) is 6.07 Å². The first-order valence-corrected chi connectivity index (χ1v) is 8.86. The molecule has 1 fully saturated rings. The number of carbonyl (C=O) groups is 1. The Kier molecular flexibility index (Phi) is 8.87. The molecule has 0 saturated carbocycles. The van der Waals surface area contributed by atoms with Crippen LogP contribution in [0, 0.1) is 0 Å². The Labute approximate surface area is 140 Å². The predicted molar refractivity (Wildman–Crippen MR) is 92.6 cm³/mol. The zero-order valence-electron chi connectivity index (χ0n) is 15.3. The molecule has 0 radical (unpaired) electrons. The highest BCUT2D eigenvalue weighted by Crippen LogP contribution is 2.14. The molecule has 0 bridgehead atoms. The Morgan fingerprint density at radius 1 is 1.09 bits per heavy atom. The number of morpholine rings is 1. The summed E-state index contributed by atoms with van der Waals surface area (Å²) in [5.74, 6) is 0.0338. The van der Waals surface area contributed by atoms with Crippen LogP contribution in [0.3, 0.4) is 0 Å². The SMILES string of the molecule is CC.CC.CN1CCCn2nc(C(=O)N3CCOCC3)cc2C1. The molecule has 0 aliphatic carbocycles. The molecular formula is C17H32N4O2. The third-order valence-electron chi connectivity index (χ3n) is 3.72. The van der Waals surface area contributed by atoms with Crippen molar-refractivity contribution in [1.82, 2.24) is 19.6 Å². The van der Waals surface area contributed by atoms with Gasteiger partial charge in [0.2, 0.25) is 0 Å². The Bertz CT molecular complexity index is 467. The Hall–Kier alpha value is -1.40. The normalized spacial score (nSPS) is 17.9. The number of aromatic nitrogens is 2. The van der Waals surface area contributed by atoms with Crippen LogP contribution >= 0.6 is 0 Å². The van der Waals surface area contributed by atoms with Gasteiger partial charge in [-0.25, -0.2) is 0 Å². The van der Waals surface area contributed by atoms with Gasteiger partial charge in [-0.2, -0.15) is 5.10 Å². The number of hydrogen-bond donors (Lipinski definition) is 0. The summed E-state index contributed by atoms with van der Waals surface area (Å²) in [5, 5.41) is 4.48. The summed E-state index contributed by atoms with van der Waals surface area (Å²) in [6.07, 6.45) is 1.08. The smallest absolute Gasteiger partial charge is 0.274 e. The Morgan fingerprint density at radius 2 is 1.74 bits per heavy atom. The van der Waals surface area contributed by atoms with Gasteiger partial charge in [0, 0.05) is 32.7 Å². The molecule has 1 aromatic rings. The average molecular weight is 324 g/mol. The zero-order chi connectivity index (χ0) is 17.2. The Balaban J connectivity index is 0.000000615. The van der Waals surface area contributed by atoms with E-state index >= 15 is 0 Å². The first-order valence-electron chi connectivity index (χ1n) is 8.86. The lowest BCUT2D eigenvalue weighted by atomic mass is 10.3. The number of nitrogens with zero attached hydrogens (tertiary/aromatic N) is 4. The molecule has 0 N–H and O–H groups in total. The van der Waals surface area contributed by atoms with E-state index in [0.29, 0.717) is 32.0 Å². The van der Waals surface area contributed by atoms with Gasteiger partial charge in [-0.3, -0.25) is 9.48 Å². The van der Waals surface area contributed by atoms with E-state index in [9.17, 15) is 4.79 Å². The van der Waals surface area contributed by atoms with E-state index in [-0.39, 0.29) is 5.91 Å². The number of hydrogen-bond acceptors (Lipinski definition) is 4. The minimum absolute atomic E-state index is 0.0338. The minimum Gasteiger partial charge on any atom is -0.378 e. The van der Waals surface area contributed by atoms with Gasteiger partial charge in [0.1, 0.15) is 0 Å². The summed E-state index contributed by atoms with van der Waals surface area (Å²) in [4.78, 5) is 16.5. The van der Waals surface area contributed by atoms with Crippen molar-refractivity contribution in [3.8, 4) is 0 Å². The van der Waals surface area contributed by atoms with Gasteiger partial charge in [-0.05, 0) is 19.5 Å². The standard InChI is InChI=1S/C13H20N4O2.2C2H6/c1-15-3-2-4-17-11(10-15)9-12(14-17)13(18)16-5-7-19-8-6-16;2*1-2/h9H,2-8,10H2,1H3;2*1-2H3. The maximum atomic E-state index is 12.4. The van der Waals surface area contributed by atoms with Crippen molar-refractivity contribution in [2.45, 2.75) is 47.2 Å². The molecule has 1 aromatic heterocycles. The van der Waals surface area contributed by atoms with E-state index < -0.39 is 0 Å². The van der Waals surface area contributed by atoms with Crippen LogP contribution in [0.5, 0.6) is 0 Å². The van der Waals surface area contributed by atoms with Gasteiger partial charge in [-0.1, -0.05) is 27.7 Å². The fourth-order valence-corrected chi connectivity index (χ4v) is 2.66. The zero-order valence-corrected chi connectivity index (χ0v) is 15.3. The molecule has 23 heavy (non-hydrogen) atoms. The molecule has 2 aliphatic rings. The van der Waals surface area contributed by atoms with Crippen LogP contribution in [-0.4, -0.2) is 65.4 Å². The van der Waals surface area contributed by atoms with Crippen molar-refractivity contribution in [3.63, 3.8) is 0 Å². The van der Waals surface area contributed by atoms with Gasteiger partial charge in [0.25, 0.3) is 5.91 Å². The number of ether oxygens (including phenoxy) is 1. The van der Waals surface area contributed by atoms with Crippen molar-refractivity contribution in [2.24, 2.45) is 0 Å². The fraction of sp³-hybridized carbons (Fsp3) is 0.765. The molecule has 1 saturated heterocycles. The predicted octanol–water partition coefficient (Wildman–Crippen LogP) is 2.24. The molecule has 132 valence electrons. The van der Waals surface area contributed by atoms with E-state index in [0.717, 1.165) is 31.7 Å². The third-order valence-corrected chi connectivity index (χ3v) is 3.72. The first-order chi connectivity index (χ1) is 11.2. The molecule has 3 rings (SSSR count). The summed E-state index contributed by atoms with van der Waals surface area (Å²) < 4.78 is 7.25. The van der Waals surface area contributed by atoms with E-state index in [1.165, 1.54) is 0 Å². The molecule has 6 heteroatoms. The van der Waals surface area contributed by atoms with Crippen LogP contribution in [0.25, 0.3) is 0 Å². The third kappa shape index (κ3) is 5.32. The van der Waals surface area contributed by atoms with Gasteiger partial charge in [0.05, 0.1) is 18.9 Å². The summed E-state index contributed by atoms with van der Waals surface area (Å²) >= 11 is 0. The molecule has 0 spiro atoms. The highest BCUT2D eigenvalue weighted by Gasteiger charge is 2.23. The molecule has 3 heterocycles. The molecule has 2 aliphatic heterocycles. The molecular weight excluding hydrogens is 292 g/mol. The van der Waals surface area contributed by atoms with Crippen molar-refractivity contribution >= 4 is 5.91 Å². The topological polar surface area (TPSA) is 50.6 Å². The number of fused-ring (bicyclic) bond motifs is 1. The van der Waals surface area contributed by atoms with Crippen LogP contribution in [0.4, 0.5) is 0 Å². The number of carbonyl (C=O) groups excluding carboxylic acids is 1. The number of amides is 1. The van der Waals surface area contributed by atoms with E-state index in [2.05, 4.69) is 17.0 Å². The fourth-order valence-electron chi connectivity index (χ4n) is 2.66. The van der Waals surface area contributed by atoms with Gasteiger partial charge in [0.15, 0.2) is 5.69 Å². The first kappa shape index (κ1) is 19.6. The summed E-state index contributed by atoms with van der Waals surface area (Å²) in [6.45, 7) is 13.4.